The first-order valence-electron chi connectivity index (χ1n) is 6.29. The molecule has 0 spiro atoms. The third kappa shape index (κ3) is 6.91. The highest BCUT2D eigenvalue weighted by atomic mass is 16.5. The smallest absolute Gasteiger partial charge is 0.234 e. The summed E-state index contributed by atoms with van der Waals surface area (Å²) in [6.07, 6.45) is 0. The normalized spacial score (nSPS) is 10.4. The molecule has 0 saturated carbocycles. The second kappa shape index (κ2) is 9.49. The Kier molecular flexibility index (Phi) is 7.81. The molecule has 2 N–H and O–H groups in total. The van der Waals surface area contributed by atoms with Crippen molar-refractivity contribution in [1.29, 1.82) is 0 Å². The van der Waals surface area contributed by atoms with Crippen LogP contribution < -0.4 is 10.6 Å². The summed E-state index contributed by atoms with van der Waals surface area (Å²) in [6, 6.07) is 8.12. The van der Waals surface area contributed by atoms with Gasteiger partial charge >= 0.3 is 0 Å². The van der Waals surface area contributed by atoms with E-state index < -0.39 is 0 Å². The number of hydrogen-bond donors (Lipinski definition) is 2. The molecule has 1 aromatic carbocycles. The fraction of sp³-hybridized carbons (Fsp3) is 0.500. The molecule has 0 saturated heterocycles. The Morgan fingerprint density at radius 3 is 2.42 bits per heavy atom. The minimum absolute atomic E-state index is 0.0203. The minimum atomic E-state index is -0.0203. The summed E-state index contributed by atoms with van der Waals surface area (Å²) < 4.78 is 9.90. The van der Waals surface area contributed by atoms with Gasteiger partial charge in [0, 0.05) is 27.3 Å². The van der Waals surface area contributed by atoms with Crippen LogP contribution in [0.15, 0.2) is 24.3 Å². The van der Waals surface area contributed by atoms with Gasteiger partial charge in [-0.3, -0.25) is 4.79 Å². The number of amides is 1. The topological polar surface area (TPSA) is 59.6 Å². The third-order valence-corrected chi connectivity index (χ3v) is 2.58. The zero-order valence-electron chi connectivity index (χ0n) is 11.6. The maximum absolute atomic E-state index is 11.4. The molecule has 0 aliphatic carbocycles. The molecule has 0 aromatic heterocycles. The van der Waals surface area contributed by atoms with Gasteiger partial charge in [-0.25, -0.2) is 0 Å². The van der Waals surface area contributed by atoms with E-state index in [1.54, 1.807) is 14.2 Å². The number of ether oxygens (including phenoxy) is 2. The molecule has 5 nitrogen and oxygen atoms in total. The molecule has 0 bridgehead atoms. The molecule has 0 aliphatic rings. The van der Waals surface area contributed by atoms with E-state index in [2.05, 4.69) is 10.6 Å². The van der Waals surface area contributed by atoms with Crippen LogP contribution in [0.2, 0.25) is 0 Å². The standard InChI is InChI=1S/C14H22N2O3/c1-18-8-7-16-14(17)10-15-9-12-3-5-13(6-4-12)11-19-2/h3-6,15H,7-11H2,1-2H3,(H,16,17). The lowest BCUT2D eigenvalue weighted by atomic mass is 10.1. The summed E-state index contributed by atoms with van der Waals surface area (Å²) in [5.74, 6) is -0.0203. The summed E-state index contributed by atoms with van der Waals surface area (Å²) in [7, 11) is 3.29. The quantitative estimate of drug-likeness (QED) is 0.646. The number of carbonyl (C=O) groups is 1. The van der Waals surface area contributed by atoms with E-state index in [1.165, 1.54) is 0 Å². The van der Waals surface area contributed by atoms with Crippen LogP contribution in [-0.4, -0.2) is 39.8 Å². The van der Waals surface area contributed by atoms with E-state index in [1.807, 2.05) is 24.3 Å². The van der Waals surface area contributed by atoms with Gasteiger partial charge in [0.2, 0.25) is 5.91 Å². The van der Waals surface area contributed by atoms with Gasteiger partial charge in [0.15, 0.2) is 0 Å². The highest BCUT2D eigenvalue weighted by molar-refractivity contribution is 5.77. The summed E-state index contributed by atoms with van der Waals surface area (Å²) in [6.45, 7) is 2.68. The van der Waals surface area contributed by atoms with Crippen molar-refractivity contribution >= 4 is 5.91 Å². The van der Waals surface area contributed by atoms with E-state index >= 15 is 0 Å². The molecule has 5 heteroatoms. The molecule has 106 valence electrons. The zero-order chi connectivity index (χ0) is 13.9. The Bertz CT molecular complexity index is 365. The molecule has 0 heterocycles. The molecule has 0 aliphatic heterocycles. The van der Waals surface area contributed by atoms with Gasteiger partial charge in [-0.05, 0) is 11.1 Å². The summed E-state index contributed by atoms with van der Waals surface area (Å²) in [4.78, 5) is 11.4. The van der Waals surface area contributed by atoms with Crippen molar-refractivity contribution in [2.24, 2.45) is 0 Å². The van der Waals surface area contributed by atoms with Crippen molar-refractivity contribution in [3.63, 3.8) is 0 Å². The first-order chi connectivity index (χ1) is 9.26. The van der Waals surface area contributed by atoms with Crippen LogP contribution in [0, 0.1) is 0 Å². The second-order valence-electron chi connectivity index (χ2n) is 4.20. The Labute approximate surface area is 114 Å². The lowest BCUT2D eigenvalue weighted by molar-refractivity contribution is -0.120. The summed E-state index contributed by atoms with van der Waals surface area (Å²) >= 11 is 0. The Morgan fingerprint density at radius 2 is 1.79 bits per heavy atom. The number of carbonyl (C=O) groups excluding carboxylic acids is 1. The number of methoxy groups -OCH3 is 2. The molecule has 19 heavy (non-hydrogen) atoms. The lowest BCUT2D eigenvalue weighted by Crippen LogP contribution is -2.35. The average molecular weight is 266 g/mol. The highest BCUT2D eigenvalue weighted by Gasteiger charge is 2.00. The Morgan fingerprint density at radius 1 is 1.11 bits per heavy atom. The van der Waals surface area contributed by atoms with Gasteiger partial charge in [0.05, 0.1) is 19.8 Å². The van der Waals surface area contributed by atoms with E-state index in [9.17, 15) is 4.79 Å². The molecule has 1 rings (SSSR count). The minimum Gasteiger partial charge on any atom is -0.383 e. The molecular weight excluding hydrogens is 244 g/mol. The van der Waals surface area contributed by atoms with Crippen molar-refractivity contribution < 1.29 is 14.3 Å². The van der Waals surface area contributed by atoms with Crippen LogP contribution in [0.1, 0.15) is 11.1 Å². The van der Waals surface area contributed by atoms with Crippen LogP contribution in [0.3, 0.4) is 0 Å². The van der Waals surface area contributed by atoms with Crippen LogP contribution in [0.25, 0.3) is 0 Å². The predicted octanol–water partition coefficient (Wildman–Crippen LogP) is 0.685. The zero-order valence-corrected chi connectivity index (χ0v) is 11.6. The predicted molar refractivity (Wildman–Crippen MR) is 73.7 cm³/mol. The highest BCUT2D eigenvalue weighted by Crippen LogP contribution is 2.04. The summed E-state index contributed by atoms with van der Waals surface area (Å²) in [5, 5.41) is 5.85. The van der Waals surface area contributed by atoms with Gasteiger partial charge in [-0.15, -0.1) is 0 Å². The number of benzene rings is 1. The van der Waals surface area contributed by atoms with Crippen LogP contribution in [-0.2, 0) is 27.4 Å². The van der Waals surface area contributed by atoms with E-state index in [4.69, 9.17) is 9.47 Å². The van der Waals surface area contributed by atoms with Crippen molar-refractivity contribution in [3.05, 3.63) is 35.4 Å². The van der Waals surface area contributed by atoms with Gasteiger partial charge in [-0.1, -0.05) is 24.3 Å². The molecule has 0 unspecified atom stereocenters. The number of hydrogen-bond acceptors (Lipinski definition) is 4. The lowest BCUT2D eigenvalue weighted by Gasteiger charge is -2.07. The second-order valence-corrected chi connectivity index (χ2v) is 4.20. The van der Waals surface area contributed by atoms with Crippen molar-refractivity contribution in [2.45, 2.75) is 13.2 Å². The maximum Gasteiger partial charge on any atom is 0.234 e. The van der Waals surface area contributed by atoms with Crippen LogP contribution >= 0.6 is 0 Å². The molecular formula is C14H22N2O3. The molecule has 0 radical (unpaired) electrons. The van der Waals surface area contributed by atoms with Crippen molar-refractivity contribution in [2.75, 3.05) is 33.9 Å². The third-order valence-electron chi connectivity index (χ3n) is 2.58. The molecule has 0 fully saturated rings. The van der Waals surface area contributed by atoms with Gasteiger partial charge < -0.3 is 20.1 Å². The van der Waals surface area contributed by atoms with Gasteiger partial charge in [0.25, 0.3) is 0 Å². The fourth-order valence-corrected chi connectivity index (χ4v) is 1.60. The summed E-state index contributed by atoms with van der Waals surface area (Å²) in [5.41, 5.74) is 2.29. The van der Waals surface area contributed by atoms with Crippen molar-refractivity contribution in [3.8, 4) is 0 Å². The van der Waals surface area contributed by atoms with Gasteiger partial charge in [0.1, 0.15) is 0 Å². The number of rotatable bonds is 9. The average Bonchev–Trinajstić information content (AvgIpc) is 2.41. The van der Waals surface area contributed by atoms with Gasteiger partial charge in [-0.2, -0.15) is 0 Å². The fourth-order valence-electron chi connectivity index (χ4n) is 1.60. The monoisotopic (exact) mass is 266 g/mol. The molecule has 1 amide bonds. The molecule has 0 atom stereocenters. The van der Waals surface area contributed by atoms with E-state index in [0.717, 1.165) is 11.1 Å². The Hall–Kier alpha value is -1.43. The SMILES string of the molecule is COCCNC(=O)CNCc1ccc(COC)cc1. The van der Waals surface area contributed by atoms with E-state index in [0.29, 0.717) is 32.8 Å². The number of nitrogens with one attached hydrogen (secondary N) is 2. The Balaban J connectivity index is 2.19. The first kappa shape index (κ1) is 15.6. The maximum atomic E-state index is 11.4. The van der Waals surface area contributed by atoms with Crippen LogP contribution in [0.4, 0.5) is 0 Å². The van der Waals surface area contributed by atoms with Crippen molar-refractivity contribution in [1.82, 2.24) is 10.6 Å². The molecule has 1 aromatic rings. The first-order valence-corrected chi connectivity index (χ1v) is 6.29. The largest absolute Gasteiger partial charge is 0.383 e. The van der Waals surface area contributed by atoms with Crippen LogP contribution in [0.5, 0.6) is 0 Å². The van der Waals surface area contributed by atoms with E-state index in [-0.39, 0.29) is 5.91 Å².